The van der Waals surface area contributed by atoms with Gasteiger partial charge in [-0.3, -0.25) is 4.98 Å². The maximum Gasteiger partial charge on any atom is 0.125 e. The third kappa shape index (κ3) is 7.84. The number of pyridine rings is 1. The van der Waals surface area contributed by atoms with Crippen molar-refractivity contribution in [1.82, 2.24) is 9.88 Å². The Morgan fingerprint density at radius 2 is 1.56 bits per heavy atom. The number of fused-ring (bicyclic) bond motifs is 1. The SMILES string of the molecule is CCN(CC)CCCCCCCCCCNc1ccnc2cc(F)ccc12. The van der Waals surface area contributed by atoms with Crippen molar-refractivity contribution in [1.29, 1.82) is 0 Å². The molecule has 27 heavy (non-hydrogen) atoms. The summed E-state index contributed by atoms with van der Waals surface area (Å²) in [6.07, 6.45) is 12.3. The maximum atomic E-state index is 13.3. The molecule has 0 radical (unpaired) electrons. The van der Waals surface area contributed by atoms with Crippen molar-refractivity contribution in [3.05, 3.63) is 36.3 Å². The molecule has 2 rings (SSSR count). The van der Waals surface area contributed by atoms with E-state index < -0.39 is 0 Å². The Morgan fingerprint density at radius 1 is 0.889 bits per heavy atom. The molecule has 0 saturated carbocycles. The predicted octanol–water partition coefficient (Wildman–Crippen LogP) is 6.25. The second-order valence-electron chi connectivity index (χ2n) is 7.30. The molecule has 4 heteroatoms. The molecule has 150 valence electrons. The Bertz CT molecular complexity index is 655. The molecule has 1 aromatic heterocycles. The van der Waals surface area contributed by atoms with E-state index in [0.29, 0.717) is 5.52 Å². The summed E-state index contributed by atoms with van der Waals surface area (Å²) in [5.74, 6) is -0.236. The van der Waals surface area contributed by atoms with E-state index in [-0.39, 0.29) is 5.82 Å². The summed E-state index contributed by atoms with van der Waals surface area (Å²) in [6, 6.07) is 6.76. The number of hydrogen-bond acceptors (Lipinski definition) is 3. The van der Waals surface area contributed by atoms with Crippen LogP contribution in [0.3, 0.4) is 0 Å². The van der Waals surface area contributed by atoms with Gasteiger partial charge in [-0.1, -0.05) is 52.4 Å². The van der Waals surface area contributed by atoms with E-state index >= 15 is 0 Å². The lowest BCUT2D eigenvalue weighted by Gasteiger charge is -2.17. The number of nitrogens with one attached hydrogen (secondary N) is 1. The van der Waals surface area contributed by atoms with Gasteiger partial charge in [0.05, 0.1) is 5.52 Å². The lowest BCUT2D eigenvalue weighted by Crippen LogP contribution is -2.23. The number of anilines is 1. The molecular formula is C23H36FN3. The monoisotopic (exact) mass is 373 g/mol. The predicted molar refractivity (Wildman–Crippen MR) is 115 cm³/mol. The zero-order valence-corrected chi connectivity index (χ0v) is 17.1. The van der Waals surface area contributed by atoms with Gasteiger partial charge in [0.2, 0.25) is 0 Å². The second kappa shape index (κ2) is 12.7. The molecule has 0 spiro atoms. The van der Waals surface area contributed by atoms with Crippen LogP contribution in [-0.2, 0) is 0 Å². The van der Waals surface area contributed by atoms with Gasteiger partial charge in [0.15, 0.2) is 0 Å². The molecule has 0 aliphatic carbocycles. The highest BCUT2D eigenvalue weighted by Gasteiger charge is 2.03. The van der Waals surface area contributed by atoms with Gasteiger partial charge in [-0.2, -0.15) is 0 Å². The Hall–Kier alpha value is -1.68. The number of benzene rings is 1. The molecule has 0 aliphatic heterocycles. The van der Waals surface area contributed by atoms with Crippen LogP contribution in [0.1, 0.15) is 65.2 Å². The fourth-order valence-corrected chi connectivity index (χ4v) is 3.56. The lowest BCUT2D eigenvalue weighted by atomic mass is 10.1. The fourth-order valence-electron chi connectivity index (χ4n) is 3.56. The van der Waals surface area contributed by atoms with Crippen LogP contribution in [0.2, 0.25) is 0 Å². The van der Waals surface area contributed by atoms with Crippen LogP contribution in [0.15, 0.2) is 30.5 Å². The number of nitrogens with zero attached hydrogens (tertiary/aromatic N) is 2. The van der Waals surface area contributed by atoms with Crippen LogP contribution in [0.4, 0.5) is 10.1 Å². The van der Waals surface area contributed by atoms with E-state index in [1.165, 1.54) is 83.1 Å². The minimum atomic E-state index is -0.236. The molecule has 2 aromatic rings. The molecule has 0 saturated heterocycles. The molecule has 1 heterocycles. The van der Waals surface area contributed by atoms with Crippen molar-refractivity contribution in [2.75, 3.05) is 31.5 Å². The summed E-state index contributed by atoms with van der Waals surface area (Å²) in [7, 11) is 0. The van der Waals surface area contributed by atoms with E-state index in [9.17, 15) is 4.39 Å². The third-order valence-electron chi connectivity index (χ3n) is 5.32. The number of hydrogen-bond donors (Lipinski definition) is 1. The van der Waals surface area contributed by atoms with Gasteiger partial charge in [-0.05, 0) is 50.7 Å². The van der Waals surface area contributed by atoms with Crippen molar-refractivity contribution in [2.24, 2.45) is 0 Å². The van der Waals surface area contributed by atoms with Crippen molar-refractivity contribution in [2.45, 2.75) is 65.2 Å². The summed E-state index contributed by atoms with van der Waals surface area (Å²) in [5.41, 5.74) is 1.76. The topological polar surface area (TPSA) is 28.2 Å². The lowest BCUT2D eigenvalue weighted by molar-refractivity contribution is 0.295. The van der Waals surface area contributed by atoms with Crippen molar-refractivity contribution < 1.29 is 4.39 Å². The van der Waals surface area contributed by atoms with Crippen LogP contribution in [0.5, 0.6) is 0 Å². The molecule has 3 nitrogen and oxygen atoms in total. The van der Waals surface area contributed by atoms with Crippen LogP contribution >= 0.6 is 0 Å². The van der Waals surface area contributed by atoms with Crippen LogP contribution < -0.4 is 5.32 Å². The van der Waals surface area contributed by atoms with E-state index in [4.69, 9.17) is 0 Å². The van der Waals surface area contributed by atoms with Gasteiger partial charge in [0, 0.05) is 29.9 Å². The zero-order chi connectivity index (χ0) is 19.3. The standard InChI is InChI=1S/C23H36FN3/c1-3-27(4-2)18-12-10-8-6-5-7-9-11-16-25-22-15-17-26-23-19-20(24)13-14-21(22)23/h13-15,17,19H,3-12,16,18H2,1-2H3,(H,25,26). The highest BCUT2D eigenvalue weighted by molar-refractivity contribution is 5.90. The normalized spacial score (nSPS) is 11.4. The average molecular weight is 374 g/mol. The van der Waals surface area contributed by atoms with Crippen LogP contribution in [0.25, 0.3) is 10.9 Å². The third-order valence-corrected chi connectivity index (χ3v) is 5.32. The average Bonchev–Trinajstić information content (AvgIpc) is 2.68. The first kappa shape index (κ1) is 21.6. The number of rotatable bonds is 14. The molecule has 0 bridgehead atoms. The number of halogens is 1. The van der Waals surface area contributed by atoms with E-state index in [1.807, 2.05) is 6.07 Å². The Kier molecular flexibility index (Phi) is 10.1. The van der Waals surface area contributed by atoms with E-state index in [1.54, 1.807) is 12.3 Å². The molecule has 0 aliphatic rings. The molecule has 0 fully saturated rings. The summed E-state index contributed by atoms with van der Waals surface area (Å²) < 4.78 is 13.3. The van der Waals surface area contributed by atoms with Gasteiger partial charge in [-0.15, -0.1) is 0 Å². The zero-order valence-electron chi connectivity index (χ0n) is 17.1. The van der Waals surface area contributed by atoms with E-state index in [2.05, 4.69) is 29.0 Å². The molecule has 1 N–H and O–H groups in total. The van der Waals surface area contributed by atoms with Crippen LogP contribution in [0, 0.1) is 5.82 Å². The highest BCUT2D eigenvalue weighted by Crippen LogP contribution is 2.22. The molecule has 1 aromatic carbocycles. The molecule has 0 unspecified atom stereocenters. The summed E-state index contributed by atoms with van der Waals surface area (Å²) >= 11 is 0. The van der Waals surface area contributed by atoms with Gasteiger partial charge in [0.1, 0.15) is 5.82 Å². The fraction of sp³-hybridized carbons (Fsp3) is 0.609. The summed E-state index contributed by atoms with van der Waals surface area (Å²) in [4.78, 5) is 6.75. The quantitative estimate of drug-likeness (QED) is 0.397. The maximum absolute atomic E-state index is 13.3. The van der Waals surface area contributed by atoms with Gasteiger partial charge >= 0.3 is 0 Å². The minimum Gasteiger partial charge on any atom is -0.384 e. The first-order valence-corrected chi connectivity index (χ1v) is 10.7. The summed E-state index contributed by atoms with van der Waals surface area (Å²) in [6.45, 7) is 9.06. The van der Waals surface area contributed by atoms with Crippen LogP contribution in [-0.4, -0.2) is 36.1 Å². The minimum absolute atomic E-state index is 0.236. The molecule has 0 atom stereocenters. The molecular weight excluding hydrogens is 337 g/mol. The highest BCUT2D eigenvalue weighted by atomic mass is 19.1. The smallest absolute Gasteiger partial charge is 0.125 e. The Balaban J connectivity index is 1.51. The largest absolute Gasteiger partial charge is 0.384 e. The Morgan fingerprint density at radius 3 is 2.26 bits per heavy atom. The van der Waals surface area contributed by atoms with Gasteiger partial charge < -0.3 is 10.2 Å². The number of unbranched alkanes of at least 4 members (excludes halogenated alkanes) is 7. The number of aromatic nitrogens is 1. The Labute approximate surface area is 164 Å². The second-order valence-corrected chi connectivity index (χ2v) is 7.30. The van der Waals surface area contributed by atoms with Gasteiger partial charge in [-0.25, -0.2) is 4.39 Å². The van der Waals surface area contributed by atoms with Gasteiger partial charge in [0.25, 0.3) is 0 Å². The van der Waals surface area contributed by atoms with E-state index in [0.717, 1.165) is 17.6 Å². The first-order valence-electron chi connectivity index (χ1n) is 10.7. The van der Waals surface area contributed by atoms with Crippen molar-refractivity contribution in [3.63, 3.8) is 0 Å². The summed E-state index contributed by atoms with van der Waals surface area (Å²) in [5, 5.41) is 4.47. The van der Waals surface area contributed by atoms with Crippen molar-refractivity contribution >= 4 is 16.6 Å². The first-order chi connectivity index (χ1) is 13.2. The molecule has 0 amide bonds. The van der Waals surface area contributed by atoms with Crippen molar-refractivity contribution in [3.8, 4) is 0 Å².